The predicted octanol–water partition coefficient (Wildman–Crippen LogP) is 2.66. The minimum atomic E-state index is -0.368. The summed E-state index contributed by atoms with van der Waals surface area (Å²) in [6.07, 6.45) is 0. The van der Waals surface area contributed by atoms with Gasteiger partial charge < -0.3 is 10.2 Å². The number of nitrogens with one attached hydrogen (secondary N) is 1. The largest absolute Gasteiger partial charge is 0.384 e. The van der Waals surface area contributed by atoms with E-state index in [1.54, 1.807) is 12.1 Å². The van der Waals surface area contributed by atoms with Crippen LogP contribution in [0.5, 0.6) is 0 Å². The standard InChI is InChI=1S/C13H21N3O2/c1-4-15(5-2)9-8-14-13-7-6-12(16(17)18)10-11(13)3/h6-7,10,14H,4-5,8-9H2,1-3H3. The van der Waals surface area contributed by atoms with Crippen LogP contribution in [0, 0.1) is 17.0 Å². The third kappa shape index (κ3) is 4.00. The smallest absolute Gasteiger partial charge is 0.269 e. The molecule has 0 fully saturated rings. The summed E-state index contributed by atoms with van der Waals surface area (Å²) in [6.45, 7) is 10.1. The second-order valence-electron chi connectivity index (χ2n) is 4.21. The molecule has 1 aromatic rings. The lowest BCUT2D eigenvalue weighted by Gasteiger charge is -2.18. The normalized spacial score (nSPS) is 10.7. The van der Waals surface area contributed by atoms with Gasteiger partial charge in [-0.3, -0.25) is 10.1 Å². The number of likely N-dealkylation sites (N-methyl/N-ethyl adjacent to an activating group) is 1. The van der Waals surface area contributed by atoms with Crippen LogP contribution < -0.4 is 5.32 Å². The Morgan fingerprint density at radius 3 is 2.50 bits per heavy atom. The quantitative estimate of drug-likeness (QED) is 0.598. The van der Waals surface area contributed by atoms with Crippen molar-refractivity contribution >= 4 is 11.4 Å². The van der Waals surface area contributed by atoms with Crippen molar-refractivity contribution in [2.45, 2.75) is 20.8 Å². The van der Waals surface area contributed by atoms with Crippen molar-refractivity contribution in [3.63, 3.8) is 0 Å². The number of anilines is 1. The van der Waals surface area contributed by atoms with Crippen LogP contribution in [0.3, 0.4) is 0 Å². The van der Waals surface area contributed by atoms with Gasteiger partial charge in [0.1, 0.15) is 0 Å². The van der Waals surface area contributed by atoms with Crippen molar-refractivity contribution < 1.29 is 4.92 Å². The maximum Gasteiger partial charge on any atom is 0.269 e. The SMILES string of the molecule is CCN(CC)CCNc1ccc([N+](=O)[O-])cc1C. The van der Waals surface area contributed by atoms with E-state index in [2.05, 4.69) is 24.1 Å². The van der Waals surface area contributed by atoms with Crippen LogP contribution in [0.4, 0.5) is 11.4 Å². The summed E-state index contributed by atoms with van der Waals surface area (Å²) in [5.74, 6) is 0. The first kappa shape index (κ1) is 14.4. The van der Waals surface area contributed by atoms with Gasteiger partial charge in [-0.2, -0.15) is 0 Å². The van der Waals surface area contributed by atoms with Gasteiger partial charge in [0, 0.05) is 30.9 Å². The van der Waals surface area contributed by atoms with E-state index in [4.69, 9.17) is 0 Å². The Kier molecular flexibility index (Phi) is 5.58. The van der Waals surface area contributed by atoms with Crippen molar-refractivity contribution in [1.29, 1.82) is 0 Å². The van der Waals surface area contributed by atoms with Gasteiger partial charge in [0.15, 0.2) is 0 Å². The molecule has 0 bridgehead atoms. The first-order valence-corrected chi connectivity index (χ1v) is 6.29. The second kappa shape index (κ2) is 6.96. The lowest BCUT2D eigenvalue weighted by Crippen LogP contribution is -2.28. The van der Waals surface area contributed by atoms with Gasteiger partial charge in [-0.1, -0.05) is 13.8 Å². The van der Waals surface area contributed by atoms with E-state index < -0.39 is 0 Å². The number of benzene rings is 1. The van der Waals surface area contributed by atoms with Gasteiger partial charge in [-0.15, -0.1) is 0 Å². The van der Waals surface area contributed by atoms with Gasteiger partial charge in [0.25, 0.3) is 5.69 Å². The predicted molar refractivity (Wildman–Crippen MR) is 74.1 cm³/mol. The summed E-state index contributed by atoms with van der Waals surface area (Å²) in [5.41, 5.74) is 2.01. The Morgan fingerprint density at radius 1 is 1.33 bits per heavy atom. The Bertz CT molecular complexity index is 403. The van der Waals surface area contributed by atoms with Gasteiger partial charge in [-0.05, 0) is 31.6 Å². The molecule has 1 N–H and O–H groups in total. The maximum absolute atomic E-state index is 10.6. The van der Waals surface area contributed by atoms with Crippen LogP contribution >= 0.6 is 0 Å². The zero-order valence-electron chi connectivity index (χ0n) is 11.3. The molecule has 0 saturated heterocycles. The van der Waals surface area contributed by atoms with E-state index in [1.807, 2.05) is 6.92 Å². The van der Waals surface area contributed by atoms with Crippen LogP contribution in [0.2, 0.25) is 0 Å². The molecule has 0 unspecified atom stereocenters. The summed E-state index contributed by atoms with van der Waals surface area (Å²) < 4.78 is 0. The first-order chi connectivity index (χ1) is 8.58. The maximum atomic E-state index is 10.6. The van der Waals surface area contributed by atoms with Crippen LogP contribution in [0.15, 0.2) is 18.2 Å². The van der Waals surface area contributed by atoms with E-state index in [1.165, 1.54) is 6.07 Å². The average Bonchev–Trinajstić information content (AvgIpc) is 2.36. The van der Waals surface area contributed by atoms with E-state index in [-0.39, 0.29) is 10.6 Å². The fraction of sp³-hybridized carbons (Fsp3) is 0.538. The molecule has 100 valence electrons. The fourth-order valence-corrected chi connectivity index (χ4v) is 1.85. The Hall–Kier alpha value is -1.62. The van der Waals surface area contributed by atoms with Crippen molar-refractivity contribution in [2.24, 2.45) is 0 Å². The summed E-state index contributed by atoms with van der Waals surface area (Å²) >= 11 is 0. The summed E-state index contributed by atoms with van der Waals surface area (Å²) in [7, 11) is 0. The number of nitro benzene ring substituents is 1. The molecule has 18 heavy (non-hydrogen) atoms. The molecule has 0 aliphatic carbocycles. The monoisotopic (exact) mass is 251 g/mol. The molecule has 5 nitrogen and oxygen atoms in total. The van der Waals surface area contributed by atoms with Crippen molar-refractivity contribution in [1.82, 2.24) is 4.90 Å². The van der Waals surface area contributed by atoms with E-state index in [0.717, 1.165) is 37.4 Å². The molecule has 0 amide bonds. The third-order valence-corrected chi connectivity index (χ3v) is 3.06. The fourth-order valence-electron chi connectivity index (χ4n) is 1.85. The van der Waals surface area contributed by atoms with Crippen LogP contribution in [0.1, 0.15) is 19.4 Å². The van der Waals surface area contributed by atoms with Crippen molar-refractivity contribution in [3.05, 3.63) is 33.9 Å². The van der Waals surface area contributed by atoms with Crippen molar-refractivity contribution in [2.75, 3.05) is 31.5 Å². The number of hydrogen-bond acceptors (Lipinski definition) is 4. The topological polar surface area (TPSA) is 58.4 Å². The van der Waals surface area contributed by atoms with Crippen LogP contribution in [0.25, 0.3) is 0 Å². The summed E-state index contributed by atoms with van der Waals surface area (Å²) in [4.78, 5) is 12.6. The molecular weight excluding hydrogens is 230 g/mol. The highest BCUT2D eigenvalue weighted by Gasteiger charge is 2.07. The third-order valence-electron chi connectivity index (χ3n) is 3.06. The molecule has 1 aromatic carbocycles. The molecule has 0 heterocycles. The molecule has 0 spiro atoms. The minimum absolute atomic E-state index is 0.141. The van der Waals surface area contributed by atoms with Gasteiger partial charge in [0.05, 0.1) is 4.92 Å². The Morgan fingerprint density at radius 2 is 2.00 bits per heavy atom. The Labute approximate surface area is 108 Å². The van der Waals surface area contributed by atoms with E-state index in [9.17, 15) is 10.1 Å². The molecule has 0 aliphatic rings. The molecule has 0 radical (unpaired) electrons. The lowest BCUT2D eigenvalue weighted by molar-refractivity contribution is -0.384. The molecule has 0 aromatic heterocycles. The summed E-state index contributed by atoms with van der Waals surface area (Å²) in [6, 6.07) is 4.90. The van der Waals surface area contributed by atoms with E-state index >= 15 is 0 Å². The summed E-state index contributed by atoms with van der Waals surface area (Å²) in [5, 5.41) is 13.9. The van der Waals surface area contributed by atoms with Gasteiger partial charge >= 0.3 is 0 Å². The van der Waals surface area contributed by atoms with E-state index in [0.29, 0.717) is 0 Å². The number of nitro groups is 1. The Balaban J connectivity index is 2.55. The first-order valence-electron chi connectivity index (χ1n) is 6.29. The second-order valence-corrected chi connectivity index (χ2v) is 4.21. The van der Waals surface area contributed by atoms with Gasteiger partial charge in [0.2, 0.25) is 0 Å². The highest BCUT2D eigenvalue weighted by molar-refractivity contribution is 5.55. The molecular formula is C13H21N3O2. The highest BCUT2D eigenvalue weighted by atomic mass is 16.6. The van der Waals surface area contributed by atoms with Gasteiger partial charge in [-0.25, -0.2) is 0 Å². The number of non-ortho nitro benzene ring substituents is 1. The average molecular weight is 251 g/mol. The van der Waals surface area contributed by atoms with Crippen LogP contribution in [-0.4, -0.2) is 36.0 Å². The number of rotatable bonds is 7. The van der Waals surface area contributed by atoms with Crippen molar-refractivity contribution in [3.8, 4) is 0 Å². The molecule has 0 atom stereocenters. The molecule has 1 rings (SSSR count). The molecule has 0 aliphatic heterocycles. The minimum Gasteiger partial charge on any atom is -0.384 e. The zero-order chi connectivity index (χ0) is 13.5. The number of nitrogens with zero attached hydrogens (tertiary/aromatic N) is 2. The highest BCUT2D eigenvalue weighted by Crippen LogP contribution is 2.20. The number of aryl methyl sites for hydroxylation is 1. The zero-order valence-corrected chi connectivity index (χ0v) is 11.3. The number of hydrogen-bond donors (Lipinski definition) is 1. The lowest BCUT2D eigenvalue weighted by atomic mass is 10.2. The van der Waals surface area contributed by atoms with Crippen LogP contribution in [-0.2, 0) is 0 Å². The molecule has 5 heteroatoms. The molecule has 0 saturated carbocycles.